The molecule has 0 aromatic heterocycles. The molecule has 2 aromatic rings. The van der Waals surface area contributed by atoms with Crippen LogP contribution in [0.5, 0.6) is 0 Å². The average Bonchev–Trinajstić information content (AvgIpc) is 2.80. The van der Waals surface area contributed by atoms with Crippen molar-refractivity contribution in [3.63, 3.8) is 0 Å². The van der Waals surface area contributed by atoms with Crippen molar-refractivity contribution in [2.75, 3.05) is 10.2 Å². The Labute approximate surface area is 142 Å². The normalized spacial score (nSPS) is 17.5. The van der Waals surface area contributed by atoms with Crippen LogP contribution in [0.15, 0.2) is 36.4 Å². The predicted molar refractivity (Wildman–Crippen MR) is 87.1 cm³/mol. The molecule has 2 aromatic carbocycles. The molecule has 0 aliphatic carbocycles. The molecule has 0 saturated carbocycles. The third kappa shape index (κ3) is 2.97. The van der Waals surface area contributed by atoms with Crippen LogP contribution in [0.2, 0.25) is 5.02 Å². The molecule has 1 fully saturated rings. The smallest absolute Gasteiger partial charge is 0.256 e. The topological polar surface area (TPSA) is 49.4 Å². The van der Waals surface area contributed by atoms with Gasteiger partial charge in [-0.15, -0.1) is 0 Å². The number of halogens is 3. The van der Waals surface area contributed by atoms with Gasteiger partial charge in [0.2, 0.25) is 5.91 Å². The number of carbonyl (C=O) groups excluding carboxylic acids is 2. The number of carbonyl (C=O) groups is 2. The van der Waals surface area contributed by atoms with Crippen LogP contribution >= 0.6 is 11.6 Å². The van der Waals surface area contributed by atoms with Gasteiger partial charge < -0.3 is 5.32 Å². The second kappa shape index (κ2) is 6.20. The zero-order valence-corrected chi connectivity index (χ0v) is 13.4. The quantitative estimate of drug-likeness (QED) is 0.859. The average molecular weight is 351 g/mol. The van der Waals surface area contributed by atoms with E-state index in [0.29, 0.717) is 10.7 Å². The minimum absolute atomic E-state index is 0.0800. The molecule has 1 aliphatic rings. The molecule has 1 aliphatic heterocycles. The third-order valence-corrected chi connectivity index (χ3v) is 4.23. The zero-order chi connectivity index (χ0) is 17.4. The summed E-state index contributed by atoms with van der Waals surface area (Å²) in [6.45, 7) is 1.81. The molecular weight excluding hydrogens is 338 g/mol. The summed E-state index contributed by atoms with van der Waals surface area (Å²) in [5.41, 5.74) is 1.44. The number of hydrogen-bond donors (Lipinski definition) is 1. The molecule has 7 heteroatoms. The Balaban J connectivity index is 1.83. The Morgan fingerprint density at radius 2 is 1.88 bits per heavy atom. The Hall–Kier alpha value is -2.47. The van der Waals surface area contributed by atoms with E-state index >= 15 is 0 Å². The molecule has 1 heterocycles. The van der Waals surface area contributed by atoms with Crippen LogP contribution in [-0.4, -0.2) is 17.9 Å². The number of aryl methyl sites for hydroxylation is 1. The molecule has 1 N–H and O–H groups in total. The van der Waals surface area contributed by atoms with Gasteiger partial charge in [0.1, 0.15) is 6.04 Å². The van der Waals surface area contributed by atoms with Crippen molar-refractivity contribution in [3.8, 4) is 0 Å². The largest absolute Gasteiger partial charge is 0.373 e. The SMILES string of the molecule is Cc1ccc(N2C(=O)C[C@H](Nc3ccc(F)c(F)c3)C2=O)cc1Cl. The first-order chi connectivity index (χ1) is 11.4. The van der Waals surface area contributed by atoms with Gasteiger partial charge in [0, 0.05) is 16.8 Å². The standard InChI is InChI=1S/C17H13ClF2N2O2/c1-9-2-4-11(7-12(9)18)22-16(23)8-15(17(22)24)21-10-3-5-13(19)14(20)6-10/h2-7,15,21H,8H2,1H3/t15-/m0/s1. The number of anilines is 2. The van der Waals surface area contributed by atoms with Gasteiger partial charge in [-0.25, -0.2) is 13.7 Å². The van der Waals surface area contributed by atoms with Crippen molar-refractivity contribution < 1.29 is 18.4 Å². The number of benzene rings is 2. The molecule has 0 bridgehead atoms. The third-order valence-electron chi connectivity index (χ3n) is 3.82. The van der Waals surface area contributed by atoms with Crippen molar-refractivity contribution in [3.05, 3.63) is 58.6 Å². The molecule has 0 radical (unpaired) electrons. The summed E-state index contributed by atoms with van der Waals surface area (Å²) in [4.78, 5) is 25.7. The molecule has 2 amide bonds. The van der Waals surface area contributed by atoms with Crippen LogP contribution in [0.3, 0.4) is 0 Å². The van der Waals surface area contributed by atoms with E-state index in [2.05, 4.69) is 5.32 Å². The van der Waals surface area contributed by atoms with Gasteiger partial charge in [-0.3, -0.25) is 9.59 Å². The second-order valence-electron chi connectivity index (χ2n) is 5.53. The van der Waals surface area contributed by atoms with Crippen molar-refractivity contribution in [2.24, 2.45) is 0 Å². The van der Waals surface area contributed by atoms with Crippen LogP contribution in [0.4, 0.5) is 20.2 Å². The van der Waals surface area contributed by atoms with Gasteiger partial charge in [0.05, 0.1) is 12.1 Å². The number of rotatable bonds is 3. The lowest BCUT2D eigenvalue weighted by Gasteiger charge is -2.17. The number of nitrogens with zero attached hydrogens (tertiary/aromatic N) is 1. The van der Waals surface area contributed by atoms with Crippen LogP contribution in [0, 0.1) is 18.6 Å². The maximum Gasteiger partial charge on any atom is 0.256 e. The highest BCUT2D eigenvalue weighted by Gasteiger charge is 2.39. The lowest BCUT2D eigenvalue weighted by molar-refractivity contribution is -0.121. The van der Waals surface area contributed by atoms with Gasteiger partial charge in [0.25, 0.3) is 5.91 Å². The van der Waals surface area contributed by atoms with E-state index in [-0.39, 0.29) is 18.0 Å². The van der Waals surface area contributed by atoms with E-state index in [1.165, 1.54) is 6.07 Å². The summed E-state index contributed by atoms with van der Waals surface area (Å²) < 4.78 is 26.2. The molecule has 1 atom stereocenters. The highest BCUT2D eigenvalue weighted by atomic mass is 35.5. The summed E-state index contributed by atoms with van der Waals surface area (Å²) in [5, 5.41) is 3.21. The van der Waals surface area contributed by atoms with Crippen molar-refractivity contribution in [1.82, 2.24) is 0 Å². The monoisotopic (exact) mass is 350 g/mol. The van der Waals surface area contributed by atoms with Gasteiger partial charge in [0.15, 0.2) is 11.6 Å². The fraction of sp³-hybridized carbons (Fsp3) is 0.176. The zero-order valence-electron chi connectivity index (χ0n) is 12.6. The molecule has 124 valence electrons. The molecule has 24 heavy (non-hydrogen) atoms. The number of imide groups is 1. The fourth-order valence-electron chi connectivity index (χ4n) is 2.52. The summed E-state index contributed by atoms with van der Waals surface area (Å²) in [6, 6.07) is 7.26. The van der Waals surface area contributed by atoms with Crippen LogP contribution < -0.4 is 10.2 Å². The fourth-order valence-corrected chi connectivity index (χ4v) is 2.70. The van der Waals surface area contributed by atoms with E-state index < -0.39 is 23.6 Å². The molecule has 4 nitrogen and oxygen atoms in total. The molecule has 1 saturated heterocycles. The maximum absolute atomic E-state index is 13.3. The van der Waals surface area contributed by atoms with Crippen LogP contribution in [0.1, 0.15) is 12.0 Å². The summed E-state index contributed by atoms with van der Waals surface area (Å²) in [7, 11) is 0. The Morgan fingerprint density at radius 1 is 1.12 bits per heavy atom. The maximum atomic E-state index is 13.3. The first kappa shape index (κ1) is 16.4. The minimum Gasteiger partial charge on any atom is -0.373 e. The van der Waals surface area contributed by atoms with E-state index in [9.17, 15) is 18.4 Å². The molecular formula is C17H13ClF2N2O2. The van der Waals surface area contributed by atoms with E-state index in [1.807, 2.05) is 6.92 Å². The predicted octanol–water partition coefficient (Wildman–Crippen LogP) is 3.67. The highest BCUT2D eigenvalue weighted by Crippen LogP contribution is 2.28. The Bertz CT molecular complexity index is 841. The minimum atomic E-state index is -1.03. The lowest BCUT2D eigenvalue weighted by atomic mass is 10.2. The summed E-state index contributed by atoms with van der Waals surface area (Å²) in [6.07, 6.45) is -0.0800. The summed E-state index contributed by atoms with van der Waals surface area (Å²) in [5.74, 6) is -2.87. The van der Waals surface area contributed by atoms with Gasteiger partial charge in [-0.05, 0) is 36.8 Å². The molecule has 0 spiro atoms. The number of amides is 2. The number of hydrogen-bond acceptors (Lipinski definition) is 3. The first-order valence-corrected chi connectivity index (χ1v) is 7.59. The van der Waals surface area contributed by atoms with Crippen LogP contribution in [-0.2, 0) is 9.59 Å². The Kier molecular flexibility index (Phi) is 4.24. The van der Waals surface area contributed by atoms with Crippen LogP contribution in [0.25, 0.3) is 0 Å². The number of nitrogens with one attached hydrogen (secondary N) is 1. The van der Waals surface area contributed by atoms with Gasteiger partial charge in [-0.1, -0.05) is 17.7 Å². The van der Waals surface area contributed by atoms with Crippen molar-refractivity contribution >= 4 is 34.8 Å². The summed E-state index contributed by atoms with van der Waals surface area (Å²) >= 11 is 6.04. The van der Waals surface area contributed by atoms with E-state index in [4.69, 9.17) is 11.6 Å². The van der Waals surface area contributed by atoms with Gasteiger partial charge in [-0.2, -0.15) is 0 Å². The van der Waals surface area contributed by atoms with Crippen molar-refractivity contribution in [1.29, 1.82) is 0 Å². The highest BCUT2D eigenvalue weighted by molar-refractivity contribution is 6.32. The first-order valence-electron chi connectivity index (χ1n) is 7.21. The lowest BCUT2D eigenvalue weighted by Crippen LogP contribution is -2.34. The van der Waals surface area contributed by atoms with Crippen molar-refractivity contribution in [2.45, 2.75) is 19.4 Å². The Morgan fingerprint density at radius 3 is 2.54 bits per heavy atom. The molecule has 3 rings (SSSR count). The second-order valence-corrected chi connectivity index (χ2v) is 5.94. The molecule has 0 unspecified atom stereocenters. The van der Waals surface area contributed by atoms with E-state index in [0.717, 1.165) is 22.6 Å². The van der Waals surface area contributed by atoms with E-state index in [1.54, 1.807) is 18.2 Å². The van der Waals surface area contributed by atoms with Gasteiger partial charge >= 0.3 is 0 Å².